The molecule has 1 heterocycles. The monoisotopic (exact) mass is 285 g/mol. The first-order valence-corrected chi connectivity index (χ1v) is 7.72. The van der Waals surface area contributed by atoms with Crippen molar-refractivity contribution in [2.75, 3.05) is 13.7 Å². The first-order chi connectivity index (χ1) is 10.3. The summed E-state index contributed by atoms with van der Waals surface area (Å²) in [5, 5.41) is 3.68. The number of rotatable bonds is 6. The summed E-state index contributed by atoms with van der Waals surface area (Å²) in [5.74, 6) is 2.04. The Morgan fingerprint density at radius 3 is 3.14 bits per heavy atom. The Balaban J connectivity index is 1.47. The van der Waals surface area contributed by atoms with Gasteiger partial charge in [0.1, 0.15) is 11.6 Å². The van der Waals surface area contributed by atoms with E-state index in [-0.39, 0.29) is 0 Å². The molecule has 0 spiro atoms. The maximum Gasteiger partial charge on any atom is 0.119 e. The van der Waals surface area contributed by atoms with Crippen LogP contribution in [0.25, 0.3) is 0 Å². The first kappa shape index (κ1) is 14.1. The number of aromatic amines is 1. The predicted molar refractivity (Wildman–Crippen MR) is 83.7 cm³/mol. The zero-order valence-electron chi connectivity index (χ0n) is 12.6. The summed E-state index contributed by atoms with van der Waals surface area (Å²) in [6.07, 6.45) is 9.32. The maximum atomic E-state index is 5.32. The van der Waals surface area contributed by atoms with Gasteiger partial charge in [0.15, 0.2) is 0 Å². The molecule has 1 aliphatic carbocycles. The number of hydrogen-bond donors (Lipinski definition) is 2. The van der Waals surface area contributed by atoms with Crippen molar-refractivity contribution in [2.45, 2.75) is 38.1 Å². The van der Waals surface area contributed by atoms with Gasteiger partial charge in [-0.05, 0) is 55.5 Å². The summed E-state index contributed by atoms with van der Waals surface area (Å²) in [5.41, 5.74) is 2.91. The number of fused-ring (bicyclic) bond motifs is 1. The van der Waals surface area contributed by atoms with E-state index in [9.17, 15) is 0 Å². The lowest BCUT2D eigenvalue weighted by Gasteiger charge is -2.26. The Morgan fingerprint density at radius 2 is 2.33 bits per heavy atom. The smallest absolute Gasteiger partial charge is 0.119 e. The second-order valence-electron chi connectivity index (χ2n) is 5.67. The molecule has 3 rings (SSSR count). The highest BCUT2D eigenvalue weighted by Gasteiger charge is 2.18. The highest BCUT2D eigenvalue weighted by atomic mass is 16.5. The minimum atomic E-state index is 0.584. The van der Waals surface area contributed by atoms with Crippen molar-refractivity contribution in [1.29, 1.82) is 0 Å². The number of aryl methyl sites for hydroxylation is 2. The Kier molecular flexibility index (Phi) is 4.55. The Morgan fingerprint density at radius 1 is 1.38 bits per heavy atom. The van der Waals surface area contributed by atoms with Crippen molar-refractivity contribution >= 4 is 0 Å². The van der Waals surface area contributed by atoms with Crippen LogP contribution in [0, 0.1) is 0 Å². The number of benzene rings is 1. The number of nitrogens with one attached hydrogen (secondary N) is 2. The summed E-state index contributed by atoms with van der Waals surface area (Å²) in [7, 11) is 1.73. The first-order valence-electron chi connectivity index (χ1n) is 7.72. The highest BCUT2D eigenvalue weighted by Crippen LogP contribution is 2.25. The number of H-pyrrole nitrogens is 1. The largest absolute Gasteiger partial charge is 0.497 e. The van der Waals surface area contributed by atoms with Gasteiger partial charge in [-0.15, -0.1) is 0 Å². The topological polar surface area (TPSA) is 49.9 Å². The van der Waals surface area contributed by atoms with Crippen molar-refractivity contribution in [1.82, 2.24) is 15.3 Å². The molecule has 0 saturated carbocycles. The van der Waals surface area contributed by atoms with Crippen LogP contribution in [0.15, 0.2) is 30.6 Å². The van der Waals surface area contributed by atoms with Crippen molar-refractivity contribution in [2.24, 2.45) is 0 Å². The van der Waals surface area contributed by atoms with Crippen LogP contribution in [0.4, 0.5) is 0 Å². The van der Waals surface area contributed by atoms with E-state index >= 15 is 0 Å². The highest BCUT2D eigenvalue weighted by molar-refractivity contribution is 5.37. The number of hydrogen-bond acceptors (Lipinski definition) is 3. The Bertz CT molecular complexity index is 565. The zero-order chi connectivity index (χ0) is 14.5. The van der Waals surface area contributed by atoms with Crippen LogP contribution in [-0.4, -0.2) is 29.7 Å². The van der Waals surface area contributed by atoms with Gasteiger partial charge in [0.2, 0.25) is 0 Å². The van der Waals surface area contributed by atoms with Gasteiger partial charge in [0.05, 0.1) is 7.11 Å². The molecule has 2 N–H and O–H groups in total. The van der Waals surface area contributed by atoms with Crippen LogP contribution in [0.1, 0.15) is 29.8 Å². The number of nitrogens with zero attached hydrogens (tertiary/aromatic N) is 1. The summed E-state index contributed by atoms with van der Waals surface area (Å²) in [4.78, 5) is 7.40. The molecule has 0 fully saturated rings. The van der Waals surface area contributed by atoms with E-state index in [0.717, 1.165) is 43.8 Å². The number of imidazole rings is 1. The average molecular weight is 285 g/mol. The third kappa shape index (κ3) is 3.64. The van der Waals surface area contributed by atoms with Gasteiger partial charge < -0.3 is 15.0 Å². The lowest BCUT2D eigenvalue weighted by molar-refractivity contribution is 0.410. The second-order valence-corrected chi connectivity index (χ2v) is 5.67. The van der Waals surface area contributed by atoms with Gasteiger partial charge in [-0.3, -0.25) is 0 Å². The SMILES string of the molecule is COc1ccc2c(c1)CC(NCCCc1ncc[nH]1)CC2. The Hall–Kier alpha value is -1.81. The van der Waals surface area contributed by atoms with Gasteiger partial charge in [-0.2, -0.15) is 0 Å². The van der Waals surface area contributed by atoms with Gasteiger partial charge in [-0.1, -0.05) is 6.07 Å². The fraction of sp³-hybridized carbons (Fsp3) is 0.471. The predicted octanol–water partition coefficient (Wildman–Crippen LogP) is 2.50. The average Bonchev–Trinajstić information content (AvgIpc) is 3.04. The van der Waals surface area contributed by atoms with Crippen molar-refractivity contribution in [3.8, 4) is 5.75 Å². The third-order valence-corrected chi connectivity index (χ3v) is 4.22. The molecule has 1 aromatic heterocycles. The quantitative estimate of drug-likeness (QED) is 0.802. The molecule has 0 aliphatic heterocycles. The molecule has 21 heavy (non-hydrogen) atoms. The zero-order valence-corrected chi connectivity index (χ0v) is 12.6. The molecule has 0 amide bonds. The standard InChI is InChI=1S/C17H23N3O/c1-21-16-7-5-13-4-6-15(11-14(13)12-16)18-8-2-3-17-19-9-10-20-17/h5,7,9-10,12,15,18H,2-4,6,8,11H2,1H3,(H,19,20). The molecule has 112 valence electrons. The molecular weight excluding hydrogens is 262 g/mol. The van der Waals surface area contributed by atoms with E-state index < -0.39 is 0 Å². The van der Waals surface area contributed by atoms with Crippen LogP contribution in [0.3, 0.4) is 0 Å². The van der Waals surface area contributed by atoms with Crippen LogP contribution >= 0.6 is 0 Å². The van der Waals surface area contributed by atoms with E-state index in [0.29, 0.717) is 6.04 Å². The second kappa shape index (κ2) is 6.76. The van der Waals surface area contributed by atoms with E-state index in [2.05, 4.69) is 33.5 Å². The molecule has 2 aromatic rings. The van der Waals surface area contributed by atoms with Crippen LogP contribution < -0.4 is 10.1 Å². The number of methoxy groups -OCH3 is 1. The van der Waals surface area contributed by atoms with Gasteiger partial charge >= 0.3 is 0 Å². The lowest BCUT2D eigenvalue weighted by atomic mass is 9.88. The van der Waals surface area contributed by atoms with Crippen LogP contribution in [0.2, 0.25) is 0 Å². The Labute approximate surface area is 125 Å². The van der Waals surface area contributed by atoms with Crippen molar-refractivity contribution in [3.05, 3.63) is 47.5 Å². The maximum absolute atomic E-state index is 5.32. The molecule has 4 nitrogen and oxygen atoms in total. The van der Waals surface area contributed by atoms with E-state index in [1.165, 1.54) is 17.5 Å². The molecule has 0 saturated heterocycles. The summed E-state index contributed by atoms with van der Waals surface area (Å²) < 4.78 is 5.32. The summed E-state index contributed by atoms with van der Waals surface area (Å²) in [6.45, 7) is 1.05. The number of aromatic nitrogens is 2. The molecular formula is C17H23N3O. The third-order valence-electron chi connectivity index (χ3n) is 4.22. The summed E-state index contributed by atoms with van der Waals surface area (Å²) in [6, 6.07) is 7.05. The number of ether oxygens (including phenoxy) is 1. The molecule has 0 radical (unpaired) electrons. The fourth-order valence-corrected chi connectivity index (χ4v) is 3.03. The normalized spacial score (nSPS) is 17.5. The van der Waals surface area contributed by atoms with Crippen LogP contribution in [-0.2, 0) is 19.3 Å². The molecule has 1 aromatic carbocycles. The van der Waals surface area contributed by atoms with Crippen molar-refractivity contribution in [3.63, 3.8) is 0 Å². The fourth-order valence-electron chi connectivity index (χ4n) is 3.03. The van der Waals surface area contributed by atoms with Gasteiger partial charge in [0, 0.05) is 24.9 Å². The summed E-state index contributed by atoms with van der Waals surface area (Å²) >= 11 is 0. The molecule has 0 bridgehead atoms. The minimum absolute atomic E-state index is 0.584. The van der Waals surface area contributed by atoms with Crippen molar-refractivity contribution < 1.29 is 4.74 Å². The van der Waals surface area contributed by atoms with E-state index in [1.807, 2.05) is 12.4 Å². The molecule has 4 heteroatoms. The lowest BCUT2D eigenvalue weighted by Crippen LogP contribution is -2.35. The van der Waals surface area contributed by atoms with E-state index in [1.54, 1.807) is 7.11 Å². The molecule has 1 aliphatic rings. The van der Waals surface area contributed by atoms with Gasteiger partial charge in [0.25, 0.3) is 0 Å². The molecule has 1 atom stereocenters. The minimum Gasteiger partial charge on any atom is -0.497 e. The van der Waals surface area contributed by atoms with Gasteiger partial charge in [-0.25, -0.2) is 4.98 Å². The van der Waals surface area contributed by atoms with E-state index in [4.69, 9.17) is 4.74 Å². The molecule has 1 unspecified atom stereocenters. The van der Waals surface area contributed by atoms with Crippen LogP contribution in [0.5, 0.6) is 5.75 Å².